The van der Waals surface area contributed by atoms with Gasteiger partial charge in [-0.3, -0.25) is 0 Å². The third-order valence-corrected chi connectivity index (χ3v) is 5.28. The Morgan fingerprint density at radius 3 is 2.44 bits per heavy atom. The van der Waals surface area contributed by atoms with Crippen LogP contribution < -0.4 is 5.43 Å². The Bertz CT molecular complexity index is 830. The summed E-state index contributed by atoms with van der Waals surface area (Å²) in [6.45, 7) is 5.98. The van der Waals surface area contributed by atoms with Crippen LogP contribution in [0.2, 0.25) is 0 Å². The Morgan fingerprint density at radius 1 is 1.15 bits per heavy atom. The number of hydrazine groups is 1. The van der Waals surface area contributed by atoms with Crippen LogP contribution in [-0.4, -0.2) is 41.3 Å². The van der Waals surface area contributed by atoms with Crippen LogP contribution in [0.3, 0.4) is 0 Å². The molecule has 0 radical (unpaired) electrons. The maximum Gasteiger partial charge on any atom is 0.243 e. The lowest BCUT2D eigenvalue weighted by Gasteiger charge is -2.40. The second-order valence-corrected chi connectivity index (χ2v) is 7.13. The summed E-state index contributed by atoms with van der Waals surface area (Å²) in [5.74, 6) is -1.04. The van der Waals surface area contributed by atoms with Crippen LogP contribution in [-0.2, 0) is 0 Å². The van der Waals surface area contributed by atoms with E-state index >= 15 is 0 Å². The summed E-state index contributed by atoms with van der Waals surface area (Å²) in [6, 6.07) is 1.44. The van der Waals surface area contributed by atoms with E-state index in [-0.39, 0.29) is 5.56 Å². The van der Waals surface area contributed by atoms with Gasteiger partial charge in [0.05, 0.1) is 16.8 Å². The largest absolute Gasteiger partial charge is 0.356 e. The van der Waals surface area contributed by atoms with Crippen molar-refractivity contribution in [3.8, 4) is 0 Å². The molecule has 0 saturated carbocycles. The number of likely N-dealkylation sites (tertiary alicyclic amines) is 1. The molecule has 3 aliphatic heterocycles. The van der Waals surface area contributed by atoms with Gasteiger partial charge in [0.15, 0.2) is 0 Å². The number of fused-ring (bicyclic) bond motifs is 1. The molecule has 8 heteroatoms. The van der Waals surface area contributed by atoms with E-state index in [1.54, 1.807) is 5.01 Å². The van der Waals surface area contributed by atoms with Crippen LogP contribution in [0.15, 0.2) is 27.9 Å². The number of nitrogens with zero attached hydrogens (tertiary/aromatic N) is 4. The molecule has 1 N–H and O–H groups in total. The molecule has 0 atom stereocenters. The Balaban J connectivity index is 1.93. The molecule has 1 saturated heterocycles. The first kappa shape index (κ1) is 18.0. The third-order valence-electron chi connectivity index (χ3n) is 5.28. The molecular formula is C19H22F3N5. The second kappa shape index (κ2) is 6.99. The van der Waals surface area contributed by atoms with Crippen molar-refractivity contribution in [2.45, 2.75) is 33.1 Å². The summed E-state index contributed by atoms with van der Waals surface area (Å²) in [5, 5.41) is 1.70. The smallest absolute Gasteiger partial charge is 0.243 e. The van der Waals surface area contributed by atoms with Crippen LogP contribution in [0, 0.1) is 23.4 Å². The fraction of sp³-hybridized carbons (Fsp3) is 0.474. The molecule has 144 valence electrons. The molecule has 0 spiro atoms. The number of rotatable bonds is 3. The molecule has 1 aromatic rings. The maximum absolute atomic E-state index is 14.7. The van der Waals surface area contributed by atoms with E-state index in [2.05, 4.69) is 27.2 Å². The summed E-state index contributed by atoms with van der Waals surface area (Å²) in [5.41, 5.74) is 3.80. The average molecular weight is 377 g/mol. The number of aliphatic imine (C=N–C) groups is 2. The number of halogens is 3. The lowest BCUT2D eigenvalue weighted by atomic mass is 9.94. The van der Waals surface area contributed by atoms with E-state index in [1.165, 1.54) is 0 Å². The molecule has 0 aromatic heterocycles. The molecular weight excluding hydrogens is 355 g/mol. The van der Waals surface area contributed by atoms with Gasteiger partial charge in [-0.05, 0) is 25.2 Å². The van der Waals surface area contributed by atoms with Crippen molar-refractivity contribution in [2.24, 2.45) is 15.9 Å². The summed E-state index contributed by atoms with van der Waals surface area (Å²) in [6.07, 6.45) is 2.46. The van der Waals surface area contributed by atoms with Crippen molar-refractivity contribution in [3.05, 3.63) is 41.0 Å². The third kappa shape index (κ3) is 3.12. The van der Waals surface area contributed by atoms with E-state index in [1.807, 2.05) is 6.92 Å². The van der Waals surface area contributed by atoms with Gasteiger partial charge in [0, 0.05) is 25.2 Å². The Morgan fingerprint density at radius 2 is 1.81 bits per heavy atom. The minimum atomic E-state index is -0.935. The molecule has 0 bridgehead atoms. The van der Waals surface area contributed by atoms with Crippen molar-refractivity contribution < 1.29 is 13.2 Å². The van der Waals surface area contributed by atoms with Crippen LogP contribution in [0.5, 0.6) is 0 Å². The first-order valence-corrected chi connectivity index (χ1v) is 9.29. The van der Waals surface area contributed by atoms with Crippen molar-refractivity contribution >= 4 is 17.2 Å². The number of piperidine rings is 1. The van der Waals surface area contributed by atoms with Crippen LogP contribution >= 0.6 is 0 Å². The monoisotopic (exact) mass is 377 g/mol. The van der Waals surface area contributed by atoms with Crippen LogP contribution in [0.4, 0.5) is 13.2 Å². The van der Waals surface area contributed by atoms with Crippen LogP contribution in [0.25, 0.3) is 5.57 Å². The van der Waals surface area contributed by atoms with E-state index in [0.717, 1.165) is 38.1 Å². The Kier molecular flexibility index (Phi) is 4.67. The van der Waals surface area contributed by atoms with E-state index in [9.17, 15) is 13.2 Å². The maximum atomic E-state index is 14.7. The molecule has 0 aliphatic carbocycles. The molecule has 3 aliphatic rings. The molecule has 1 aromatic carbocycles. The Labute approximate surface area is 156 Å². The van der Waals surface area contributed by atoms with Gasteiger partial charge in [-0.25, -0.2) is 33.6 Å². The zero-order valence-electron chi connectivity index (χ0n) is 15.4. The van der Waals surface area contributed by atoms with E-state index in [4.69, 9.17) is 0 Å². The molecule has 3 heterocycles. The predicted octanol–water partition coefficient (Wildman–Crippen LogP) is 3.50. The molecule has 4 rings (SSSR count). The molecule has 27 heavy (non-hydrogen) atoms. The number of guanidine groups is 1. The van der Waals surface area contributed by atoms with Crippen LogP contribution in [0.1, 0.15) is 38.7 Å². The lowest BCUT2D eigenvalue weighted by molar-refractivity contribution is 0.182. The highest BCUT2D eigenvalue weighted by molar-refractivity contribution is 6.29. The molecule has 5 nitrogen and oxygen atoms in total. The summed E-state index contributed by atoms with van der Waals surface area (Å²) >= 11 is 0. The van der Waals surface area contributed by atoms with Gasteiger partial charge in [0.1, 0.15) is 29.9 Å². The number of allylic oxidation sites excluding steroid dienone is 1. The molecule has 0 unspecified atom stereocenters. The van der Waals surface area contributed by atoms with Gasteiger partial charge >= 0.3 is 0 Å². The zero-order chi connectivity index (χ0) is 19.1. The lowest BCUT2D eigenvalue weighted by Crippen LogP contribution is -2.48. The minimum Gasteiger partial charge on any atom is -0.356 e. The normalized spacial score (nSPS) is 20.8. The zero-order valence-corrected chi connectivity index (χ0v) is 15.4. The summed E-state index contributed by atoms with van der Waals surface area (Å²) in [7, 11) is 0. The van der Waals surface area contributed by atoms with Crippen molar-refractivity contribution in [2.75, 3.05) is 19.8 Å². The number of benzene rings is 1. The van der Waals surface area contributed by atoms with Gasteiger partial charge in [-0.1, -0.05) is 13.8 Å². The quantitative estimate of drug-likeness (QED) is 0.877. The first-order chi connectivity index (χ1) is 13.0. The summed E-state index contributed by atoms with van der Waals surface area (Å²) < 4.78 is 42.9. The standard InChI is InChI=1S/C19H22F3N5/c1-3-15-17(16-13(21)8-12(20)9-14(16)22)18(26-6-4-11(2)5-7-26)27-19(25-15)23-10-24-27/h8-9,11,24H,3-7,10H2,1-2H3. The first-order valence-electron chi connectivity index (χ1n) is 9.29. The fourth-order valence-electron chi connectivity index (χ4n) is 3.80. The highest BCUT2D eigenvalue weighted by Crippen LogP contribution is 2.36. The van der Waals surface area contributed by atoms with Gasteiger partial charge < -0.3 is 4.90 Å². The predicted molar refractivity (Wildman–Crippen MR) is 98.2 cm³/mol. The topological polar surface area (TPSA) is 43.2 Å². The van der Waals surface area contributed by atoms with Crippen molar-refractivity contribution in [1.82, 2.24) is 15.3 Å². The highest BCUT2D eigenvalue weighted by atomic mass is 19.1. The van der Waals surface area contributed by atoms with Gasteiger partial charge in [-0.15, -0.1) is 0 Å². The number of hydrogen-bond donors (Lipinski definition) is 1. The highest BCUT2D eigenvalue weighted by Gasteiger charge is 2.37. The number of nitrogens with one attached hydrogen (secondary N) is 1. The van der Waals surface area contributed by atoms with Gasteiger partial charge in [0.25, 0.3) is 0 Å². The summed E-state index contributed by atoms with van der Waals surface area (Å²) in [4.78, 5) is 11.0. The van der Waals surface area contributed by atoms with Crippen molar-refractivity contribution in [1.29, 1.82) is 0 Å². The Hall–Kier alpha value is -2.35. The van der Waals surface area contributed by atoms with Gasteiger partial charge in [-0.2, -0.15) is 0 Å². The van der Waals surface area contributed by atoms with Crippen molar-refractivity contribution in [3.63, 3.8) is 0 Å². The fourth-order valence-corrected chi connectivity index (χ4v) is 3.80. The molecule has 1 fully saturated rings. The van der Waals surface area contributed by atoms with Gasteiger partial charge in [0.2, 0.25) is 5.96 Å². The van der Waals surface area contributed by atoms with E-state index < -0.39 is 17.5 Å². The second-order valence-electron chi connectivity index (χ2n) is 7.13. The van der Waals surface area contributed by atoms with E-state index in [0.29, 0.717) is 42.1 Å². The minimum absolute atomic E-state index is 0.238. The average Bonchev–Trinajstić information content (AvgIpc) is 3.09. The number of hydrogen-bond acceptors (Lipinski definition) is 5. The molecule has 0 amide bonds. The SMILES string of the molecule is CCC1=NC2=NCNN2C(N2CCC(C)CC2)=C1c1c(F)cc(F)cc1F.